The number of anilines is 1. The van der Waals surface area contributed by atoms with Gasteiger partial charge in [-0.1, -0.05) is 11.6 Å². The Bertz CT molecular complexity index is 1480. The van der Waals surface area contributed by atoms with Crippen LogP contribution in [0.4, 0.5) is 27.8 Å². The molecule has 38 heavy (non-hydrogen) atoms. The smallest absolute Gasteiger partial charge is 0.379 e. The number of aromatic nitrogens is 2. The van der Waals surface area contributed by atoms with Crippen molar-refractivity contribution in [3.8, 4) is 11.1 Å². The van der Waals surface area contributed by atoms with Gasteiger partial charge < -0.3 is 14.5 Å². The summed E-state index contributed by atoms with van der Waals surface area (Å²) in [6.45, 7) is 3.68. The van der Waals surface area contributed by atoms with Crippen LogP contribution in [0.2, 0.25) is 5.02 Å². The molecule has 1 fully saturated rings. The third kappa shape index (κ3) is 4.65. The van der Waals surface area contributed by atoms with E-state index in [1.807, 2.05) is 18.9 Å². The summed E-state index contributed by atoms with van der Waals surface area (Å²) in [6, 6.07) is 2.10. The van der Waals surface area contributed by atoms with Crippen molar-refractivity contribution in [1.29, 1.82) is 0 Å². The summed E-state index contributed by atoms with van der Waals surface area (Å²) < 4.78 is 79.8. The molecule has 6 nitrogen and oxygen atoms in total. The highest BCUT2D eigenvalue weighted by molar-refractivity contribution is 7.99. The maximum atomic E-state index is 15.1. The Morgan fingerprint density at radius 2 is 1.87 bits per heavy atom. The van der Waals surface area contributed by atoms with Gasteiger partial charge >= 0.3 is 11.9 Å². The maximum absolute atomic E-state index is 15.1. The maximum Gasteiger partial charge on any atom is 0.417 e. The third-order valence-corrected chi connectivity index (χ3v) is 8.53. The summed E-state index contributed by atoms with van der Waals surface area (Å²) in [5, 5.41) is -0.390. The summed E-state index contributed by atoms with van der Waals surface area (Å²) in [7, 11) is 3.38. The van der Waals surface area contributed by atoms with Gasteiger partial charge in [-0.25, -0.2) is 13.6 Å². The van der Waals surface area contributed by atoms with Gasteiger partial charge in [0, 0.05) is 66.0 Å². The largest absolute Gasteiger partial charge is 0.417 e. The number of piperazine rings is 1. The molecule has 2 atom stereocenters. The van der Waals surface area contributed by atoms with Crippen LogP contribution in [0.5, 0.6) is 0 Å². The number of halogens is 6. The first-order valence-corrected chi connectivity index (χ1v) is 13.2. The van der Waals surface area contributed by atoms with Gasteiger partial charge in [0.1, 0.15) is 17.5 Å². The van der Waals surface area contributed by atoms with E-state index in [-0.39, 0.29) is 40.0 Å². The van der Waals surface area contributed by atoms with E-state index in [1.165, 1.54) is 11.7 Å². The monoisotopic (exact) mass is 574 g/mol. The van der Waals surface area contributed by atoms with E-state index >= 15 is 4.39 Å². The zero-order chi connectivity index (χ0) is 27.5. The number of rotatable bonds is 3. The molecule has 1 aromatic heterocycles. The van der Waals surface area contributed by atoms with E-state index in [4.69, 9.17) is 16.3 Å². The highest BCUT2D eigenvalue weighted by Crippen LogP contribution is 2.49. The second-order valence-corrected chi connectivity index (χ2v) is 11.0. The van der Waals surface area contributed by atoms with Crippen molar-refractivity contribution in [2.45, 2.75) is 36.7 Å². The summed E-state index contributed by atoms with van der Waals surface area (Å²) in [5.74, 6) is -1.95. The summed E-state index contributed by atoms with van der Waals surface area (Å²) in [6.07, 6.45) is -5.43. The molecule has 3 heterocycles. The molecule has 0 aliphatic carbocycles. The number of ether oxygens (including phenoxy) is 1. The predicted octanol–water partition coefficient (Wildman–Crippen LogP) is 5.27. The van der Waals surface area contributed by atoms with Crippen LogP contribution >= 0.6 is 23.4 Å². The molecule has 5 rings (SSSR count). The van der Waals surface area contributed by atoms with E-state index in [0.717, 1.165) is 23.9 Å². The van der Waals surface area contributed by atoms with E-state index < -0.39 is 51.3 Å². The van der Waals surface area contributed by atoms with Gasteiger partial charge in [-0.3, -0.25) is 4.57 Å². The van der Waals surface area contributed by atoms with Crippen LogP contribution in [0.1, 0.15) is 12.5 Å². The number of alkyl halides is 3. The lowest BCUT2D eigenvalue weighted by atomic mass is 9.95. The number of hydrogen-bond acceptors (Lipinski definition) is 6. The molecule has 2 aliphatic rings. The van der Waals surface area contributed by atoms with Crippen LogP contribution in [0.15, 0.2) is 27.9 Å². The Balaban J connectivity index is 1.92. The van der Waals surface area contributed by atoms with Gasteiger partial charge in [0.05, 0.1) is 28.8 Å². The van der Waals surface area contributed by atoms with Crippen LogP contribution in [-0.2, 0) is 17.5 Å². The zero-order valence-corrected chi connectivity index (χ0v) is 22.3. The first-order valence-electron chi connectivity index (χ1n) is 11.8. The molecule has 0 bridgehead atoms. The normalized spacial score (nSPS) is 20.7. The lowest BCUT2D eigenvalue weighted by molar-refractivity contribution is -0.137. The molecule has 0 N–H and O–H groups in total. The number of thioether (sulfide) groups is 1. The molecule has 13 heteroatoms. The third-order valence-electron chi connectivity index (χ3n) is 7.02. The van der Waals surface area contributed by atoms with Crippen LogP contribution in [0.3, 0.4) is 0 Å². The molecular weight excluding hydrogens is 551 g/mol. The van der Waals surface area contributed by atoms with Crippen molar-refractivity contribution in [2.24, 2.45) is 0 Å². The second kappa shape index (κ2) is 9.96. The topological polar surface area (TPSA) is 50.6 Å². The van der Waals surface area contributed by atoms with Crippen LogP contribution in [0, 0.1) is 11.6 Å². The molecule has 0 spiro atoms. The number of methoxy groups -OCH3 is 1. The van der Waals surface area contributed by atoms with Crippen molar-refractivity contribution in [1.82, 2.24) is 14.5 Å². The number of nitrogens with zero attached hydrogens (tertiary/aromatic N) is 4. The minimum absolute atomic E-state index is 0.0403. The lowest BCUT2D eigenvalue weighted by Gasteiger charge is -2.39. The molecule has 2 aliphatic heterocycles. The summed E-state index contributed by atoms with van der Waals surface area (Å²) >= 11 is 6.92. The molecule has 204 valence electrons. The second-order valence-electron chi connectivity index (χ2n) is 9.57. The molecule has 0 radical (unpaired) electrons. The van der Waals surface area contributed by atoms with Crippen LogP contribution in [-0.4, -0.2) is 66.1 Å². The average molecular weight is 575 g/mol. The minimum Gasteiger partial charge on any atom is -0.379 e. The Labute approximate surface area is 224 Å². The summed E-state index contributed by atoms with van der Waals surface area (Å²) in [4.78, 5) is 21.6. The fourth-order valence-electron chi connectivity index (χ4n) is 5.16. The fraction of sp³-hybridized carbons (Fsp3) is 0.440. The minimum atomic E-state index is -4.91. The molecule has 3 aromatic rings. The van der Waals surface area contributed by atoms with Crippen LogP contribution < -0.4 is 10.6 Å². The van der Waals surface area contributed by atoms with Crippen LogP contribution in [0.25, 0.3) is 22.0 Å². The Hall–Kier alpha value is -2.41. The first-order chi connectivity index (χ1) is 17.9. The first kappa shape index (κ1) is 27.2. The molecule has 1 saturated heterocycles. The van der Waals surface area contributed by atoms with Gasteiger partial charge in [-0.15, -0.1) is 11.8 Å². The quantitative estimate of drug-likeness (QED) is 0.314. The Kier molecular flexibility index (Phi) is 7.12. The number of likely N-dealkylation sites (N-methyl/N-ethyl adjacent to an activating group) is 1. The summed E-state index contributed by atoms with van der Waals surface area (Å²) in [5.41, 5.74) is -2.57. The van der Waals surface area contributed by atoms with Crippen molar-refractivity contribution < 1.29 is 26.7 Å². The van der Waals surface area contributed by atoms with E-state index in [0.29, 0.717) is 25.7 Å². The molecule has 0 amide bonds. The van der Waals surface area contributed by atoms with Crippen molar-refractivity contribution in [2.75, 3.05) is 44.4 Å². The van der Waals surface area contributed by atoms with Crippen molar-refractivity contribution >= 4 is 40.1 Å². The Morgan fingerprint density at radius 3 is 2.53 bits per heavy atom. The Morgan fingerprint density at radius 1 is 1.13 bits per heavy atom. The highest BCUT2D eigenvalue weighted by atomic mass is 35.5. The molecular formula is C25H24ClF5N4O2S. The van der Waals surface area contributed by atoms with E-state index in [9.17, 15) is 22.4 Å². The zero-order valence-electron chi connectivity index (χ0n) is 20.7. The SMILES string of the molecule is CO[C@@H]1CSc2c(-c3cc(Cl)c(F)cc3F)c(C(F)(F)F)cc3c(N4CCN(C)C[C@@H]4C)nc(=O)n(c23)C1. The fourth-order valence-corrected chi connectivity index (χ4v) is 6.64. The molecule has 0 unspecified atom stereocenters. The van der Waals surface area contributed by atoms with Gasteiger partial charge in [0.15, 0.2) is 0 Å². The van der Waals surface area contributed by atoms with E-state index in [1.54, 1.807) is 0 Å². The highest BCUT2D eigenvalue weighted by Gasteiger charge is 2.39. The van der Waals surface area contributed by atoms with E-state index in [2.05, 4.69) is 9.88 Å². The van der Waals surface area contributed by atoms with Gasteiger partial charge in [0.25, 0.3) is 0 Å². The predicted molar refractivity (Wildman–Crippen MR) is 137 cm³/mol. The molecule has 2 aromatic carbocycles. The van der Waals surface area contributed by atoms with Crippen molar-refractivity contribution in [3.05, 3.63) is 50.9 Å². The standard InChI is InChI=1S/C25H24ClF5N4O2S/c1-12-9-33(2)4-5-34(12)23-15-6-16(25(29,30)31)20(14-7-17(26)19(28)8-18(14)27)22-21(15)35(24(36)32-23)10-13(37-3)11-38-22/h6-8,12-13H,4-5,9-11H2,1-3H3/t12-,13-/m0/s1. The molecule has 0 saturated carbocycles. The lowest BCUT2D eigenvalue weighted by Crippen LogP contribution is -2.51. The number of benzene rings is 2. The van der Waals surface area contributed by atoms with Crippen molar-refractivity contribution in [3.63, 3.8) is 0 Å². The average Bonchev–Trinajstić information content (AvgIpc) is 3.04. The number of hydrogen-bond donors (Lipinski definition) is 0. The van der Waals surface area contributed by atoms with Gasteiger partial charge in [0.2, 0.25) is 0 Å². The van der Waals surface area contributed by atoms with Gasteiger partial charge in [-0.2, -0.15) is 18.2 Å². The van der Waals surface area contributed by atoms with Gasteiger partial charge in [-0.05, 0) is 26.1 Å².